The van der Waals surface area contributed by atoms with Crippen LogP contribution in [0.4, 0.5) is 0 Å². The predicted octanol–water partition coefficient (Wildman–Crippen LogP) is 2.17. The summed E-state index contributed by atoms with van der Waals surface area (Å²) in [5.41, 5.74) is 7.86. The van der Waals surface area contributed by atoms with Gasteiger partial charge in [-0.25, -0.2) is 4.98 Å². The van der Waals surface area contributed by atoms with Crippen molar-refractivity contribution in [1.82, 2.24) is 9.97 Å². The van der Waals surface area contributed by atoms with Gasteiger partial charge in [0.2, 0.25) is 0 Å². The Balaban J connectivity index is 2.00. The molecule has 0 saturated heterocycles. The van der Waals surface area contributed by atoms with Gasteiger partial charge in [-0.1, -0.05) is 0 Å². The van der Waals surface area contributed by atoms with Gasteiger partial charge in [-0.2, -0.15) is 0 Å². The summed E-state index contributed by atoms with van der Waals surface area (Å²) in [6, 6.07) is 4.14. The largest absolute Gasteiger partial charge is 0.493 e. The van der Waals surface area contributed by atoms with E-state index < -0.39 is 0 Å². The third-order valence-electron chi connectivity index (χ3n) is 3.87. The molecule has 0 amide bonds. The second-order valence-corrected chi connectivity index (χ2v) is 5.12. The number of ether oxygens (including phenoxy) is 2. The summed E-state index contributed by atoms with van der Waals surface area (Å²) in [4.78, 5) is 8.05. The van der Waals surface area contributed by atoms with Crippen LogP contribution >= 0.6 is 0 Å². The van der Waals surface area contributed by atoms with Crippen molar-refractivity contribution < 1.29 is 9.47 Å². The number of aromatic nitrogens is 2. The van der Waals surface area contributed by atoms with E-state index in [1.165, 1.54) is 0 Å². The SMILES string of the molecule is COc1cc2nc([C@@H]3CC[C@H](N)C3)[nH]c2cc1OC. The molecule has 1 aliphatic carbocycles. The van der Waals surface area contributed by atoms with E-state index in [4.69, 9.17) is 15.2 Å². The van der Waals surface area contributed by atoms with Crippen LogP contribution in [0.2, 0.25) is 0 Å². The van der Waals surface area contributed by atoms with E-state index in [1.807, 2.05) is 12.1 Å². The number of fused-ring (bicyclic) bond motifs is 1. The molecule has 1 fully saturated rings. The Hall–Kier alpha value is -1.75. The van der Waals surface area contributed by atoms with Gasteiger partial charge in [-0.15, -0.1) is 0 Å². The number of rotatable bonds is 3. The first-order valence-electron chi connectivity index (χ1n) is 6.58. The average Bonchev–Trinajstić information content (AvgIpc) is 3.02. The van der Waals surface area contributed by atoms with Gasteiger partial charge in [0.15, 0.2) is 11.5 Å². The molecule has 3 rings (SSSR count). The van der Waals surface area contributed by atoms with Crippen LogP contribution in [-0.4, -0.2) is 30.2 Å². The zero-order valence-corrected chi connectivity index (χ0v) is 11.3. The highest BCUT2D eigenvalue weighted by Crippen LogP contribution is 2.35. The van der Waals surface area contributed by atoms with Gasteiger partial charge in [0.25, 0.3) is 0 Å². The second kappa shape index (κ2) is 4.74. The molecule has 5 heteroatoms. The van der Waals surface area contributed by atoms with Crippen LogP contribution < -0.4 is 15.2 Å². The molecule has 0 spiro atoms. The number of nitrogens with zero attached hydrogens (tertiary/aromatic N) is 1. The van der Waals surface area contributed by atoms with Crippen molar-refractivity contribution in [1.29, 1.82) is 0 Å². The van der Waals surface area contributed by atoms with Gasteiger partial charge >= 0.3 is 0 Å². The maximum Gasteiger partial charge on any atom is 0.163 e. The number of nitrogens with two attached hydrogens (primary N) is 1. The van der Waals surface area contributed by atoms with Crippen LogP contribution in [0.3, 0.4) is 0 Å². The highest BCUT2D eigenvalue weighted by Gasteiger charge is 2.25. The minimum Gasteiger partial charge on any atom is -0.493 e. The van der Waals surface area contributed by atoms with Crippen molar-refractivity contribution in [3.8, 4) is 11.5 Å². The molecule has 2 aromatic rings. The molecule has 1 heterocycles. The molecular formula is C14H19N3O2. The summed E-state index contributed by atoms with van der Waals surface area (Å²) in [5.74, 6) is 2.89. The van der Waals surface area contributed by atoms with Crippen molar-refractivity contribution in [3.05, 3.63) is 18.0 Å². The van der Waals surface area contributed by atoms with E-state index in [0.717, 1.165) is 36.1 Å². The molecule has 1 aromatic carbocycles. The maximum atomic E-state index is 5.97. The minimum absolute atomic E-state index is 0.308. The zero-order valence-electron chi connectivity index (χ0n) is 11.3. The summed E-state index contributed by atoms with van der Waals surface area (Å²) < 4.78 is 10.6. The van der Waals surface area contributed by atoms with Crippen LogP contribution in [0.15, 0.2) is 12.1 Å². The van der Waals surface area contributed by atoms with Gasteiger partial charge in [-0.3, -0.25) is 0 Å². The first kappa shape index (κ1) is 12.3. The molecule has 102 valence electrons. The second-order valence-electron chi connectivity index (χ2n) is 5.12. The number of nitrogens with one attached hydrogen (secondary N) is 1. The van der Waals surface area contributed by atoms with Crippen LogP contribution in [0, 0.1) is 0 Å². The monoisotopic (exact) mass is 261 g/mol. The highest BCUT2D eigenvalue weighted by atomic mass is 16.5. The molecule has 0 bridgehead atoms. The number of hydrogen-bond donors (Lipinski definition) is 2. The van der Waals surface area contributed by atoms with E-state index in [1.54, 1.807) is 14.2 Å². The molecule has 0 aliphatic heterocycles. The van der Waals surface area contributed by atoms with Gasteiger partial charge in [-0.05, 0) is 19.3 Å². The van der Waals surface area contributed by atoms with E-state index in [-0.39, 0.29) is 0 Å². The fraction of sp³-hybridized carbons (Fsp3) is 0.500. The van der Waals surface area contributed by atoms with Crippen LogP contribution in [0.1, 0.15) is 31.0 Å². The van der Waals surface area contributed by atoms with Gasteiger partial charge in [0, 0.05) is 24.1 Å². The lowest BCUT2D eigenvalue weighted by atomic mass is 10.1. The lowest BCUT2D eigenvalue weighted by Crippen LogP contribution is -2.14. The molecule has 1 aliphatic rings. The van der Waals surface area contributed by atoms with Crippen LogP contribution in [0.5, 0.6) is 11.5 Å². The molecule has 2 atom stereocenters. The molecular weight excluding hydrogens is 242 g/mol. The average molecular weight is 261 g/mol. The molecule has 3 N–H and O–H groups in total. The smallest absolute Gasteiger partial charge is 0.163 e. The Morgan fingerprint density at radius 3 is 2.58 bits per heavy atom. The van der Waals surface area contributed by atoms with Gasteiger partial charge in [0.05, 0.1) is 25.3 Å². The van der Waals surface area contributed by atoms with Crippen molar-refractivity contribution in [3.63, 3.8) is 0 Å². The fourth-order valence-electron chi connectivity index (χ4n) is 2.81. The molecule has 1 saturated carbocycles. The quantitative estimate of drug-likeness (QED) is 0.888. The summed E-state index contributed by atoms with van der Waals surface area (Å²) in [6.45, 7) is 0. The van der Waals surface area contributed by atoms with Crippen molar-refractivity contribution in [2.24, 2.45) is 5.73 Å². The third-order valence-corrected chi connectivity index (χ3v) is 3.87. The van der Waals surface area contributed by atoms with E-state index in [2.05, 4.69) is 9.97 Å². The Morgan fingerprint density at radius 2 is 1.95 bits per heavy atom. The Labute approximate surface area is 112 Å². The number of imidazole rings is 1. The van der Waals surface area contributed by atoms with Gasteiger partial charge < -0.3 is 20.2 Å². The first-order valence-corrected chi connectivity index (χ1v) is 6.58. The fourth-order valence-corrected chi connectivity index (χ4v) is 2.81. The number of methoxy groups -OCH3 is 2. The maximum absolute atomic E-state index is 5.97. The molecule has 0 unspecified atom stereocenters. The Morgan fingerprint density at radius 1 is 1.21 bits per heavy atom. The standard InChI is InChI=1S/C14H19N3O2/c1-18-12-6-10-11(7-13(12)19-2)17-14(16-10)8-3-4-9(15)5-8/h6-9H,3-5,15H2,1-2H3,(H,16,17)/t8-,9+/m1/s1. The zero-order chi connectivity index (χ0) is 13.4. The van der Waals surface area contributed by atoms with Crippen molar-refractivity contribution in [2.45, 2.75) is 31.2 Å². The normalized spacial score (nSPS) is 22.9. The number of hydrogen-bond acceptors (Lipinski definition) is 4. The summed E-state index contributed by atoms with van der Waals surface area (Å²) in [6.07, 6.45) is 3.19. The molecule has 1 aromatic heterocycles. The Kier molecular flexibility index (Phi) is 3.06. The van der Waals surface area contributed by atoms with Crippen LogP contribution in [-0.2, 0) is 0 Å². The summed E-state index contributed by atoms with van der Waals surface area (Å²) in [5, 5.41) is 0. The third kappa shape index (κ3) is 2.14. The first-order chi connectivity index (χ1) is 9.21. The molecule has 5 nitrogen and oxygen atoms in total. The minimum atomic E-state index is 0.308. The number of H-pyrrole nitrogens is 1. The lowest BCUT2D eigenvalue weighted by molar-refractivity contribution is 0.356. The van der Waals surface area contributed by atoms with Crippen LogP contribution in [0.25, 0.3) is 11.0 Å². The van der Waals surface area contributed by atoms with E-state index >= 15 is 0 Å². The van der Waals surface area contributed by atoms with Crippen molar-refractivity contribution >= 4 is 11.0 Å². The molecule has 19 heavy (non-hydrogen) atoms. The van der Waals surface area contributed by atoms with E-state index in [0.29, 0.717) is 23.5 Å². The Bertz CT molecular complexity index is 553. The number of aromatic amines is 1. The predicted molar refractivity (Wildman–Crippen MR) is 73.8 cm³/mol. The molecule has 0 radical (unpaired) electrons. The van der Waals surface area contributed by atoms with E-state index in [9.17, 15) is 0 Å². The number of benzene rings is 1. The lowest BCUT2D eigenvalue weighted by Gasteiger charge is -2.06. The highest BCUT2D eigenvalue weighted by molar-refractivity contribution is 5.79. The topological polar surface area (TPSA) is 73.2 Å². The van der Waals surface area contributed by atoms with Gasteiger partial charge in [0.1, 0.15) is 5.82 Å². The summed E-state index contributed by atoms with van der Waals surface area (Å²) >= 11 is 0. The van der Waals surface area contributed by atoms with Crippen molar-refractivity contribution in [2.75, 3.05) is 14.2 Å². The summed E-state index contributed by atoms with van der Waals surface area (Å²) in [7, 11) is 3.27.